The highest BCUT2D eigenvalue weighted by Gasteiger charge is 2.26. The predicted octanol–water partition coefficient (Wildman–Crippen LogP) is 4.09. The number of pyridine rings is 1. The molecule has 0 aliphatic rings. The van der Waals surface area contributed by atoms with Gasteiger partial charge in [-0.2, -0.15) is 0 Å². The largest absolute Gasteiger partial charge is 0.264 e. The second kappa shape index (κ2) is 7.07. The summed E-state index contributed by atoms with van der Waals surface area (Å²) in [6.07, 6.45) is 3.37. The van der Waals surface area contributed by atoms with Gasteiger partial charge in [-0.25, -0.2) is 8.42 Å². The van der Waals surface area contributed by atoms with Crippen molar-refractivity contribution in [3.63, 3.8) is 0 Å². The van der Waals surface area contributed by atoms with E-state index < -0.39 is 10.0 Å². The molecule has 4 nitrogen and oxygen atoms in total. The van der Waals surface area contributed by atoms with Crippen molar-refractivity contribution < 1.29 is 8.42 Å². The number of aromatic nitrogens is 1. The van der Waals surface area contributed by atoms with Gasteiger partial charge >= 0.3 is 0 Å². The Bertz CT molecular complexity index is 970. The fraction of sp³-hybridized carbons (Fsp3) is 0.150. The van der Waals surface area contributed by atoms with E-state index >= 15 is 0 Å². The molecule has 0 aliphatic heterocycles. The Labute approximate surface area is 148 Å². The SMILES string of the molecule is Cc1cccc(N(Cc2cccnc2)S(=O)(=O)c2ccccc2C)c1. The zero-order valence-electron chi connectivity index (χ0n) is 14.3. The first kappa shape index (κ1) is 17.2. The van der Waals surface area contributed by atoms with Crippen molar-refractivity contribution in [3.05, 3.63) is 89.7 Å². The third-order valence-corrected chi connectivity index (χ3v) is 5.93. The van der Waals surface area contributed by atoms with Gasteiger partial charge in [0, 0.05) is 12.4 Å². The number of aryl methyl sites for hydroxylation is 2. The predicted molar refractivity (Wildman–Crippen MR) is 100.0 cm³/mol. The molecule has 0 bridgehead atoms. The molecule has 0 unspecified atom stereocenters. The molecule has 3 rings (SSSR count). The van der Waals surface area contributed by atoms with Gasteiger partial charge in [-0.3, -0.25) is 9.29 Å². The summed E-state index contributed by atoms with van der Waals surface area (Å²) in [5.41, 5.74) is 3.22. The van der Waals surface area contributed by atoms with Gasteiger partial charge in [-0.05, 0) is 54.8 Å². The minimum Gasteiger partial charge on any atom is -0.264 e. The van der Waals surface area contributed by atoms with Crippen LogP contribution in [0, 0.1) is 13.8 Å². The van der Waals surface area contributed by atoms with E-state index in [4.69, 9.17) is 0 Å². The maximum absolute atomic E-state index is 13.4. The van der Waals surface area contributed by atoms with Gasteiger partial charge in [0.1, 0.15) is 0 Å². The lowest BCUT2D eigenvalue weighted by atomic mass is 10.2. The lowest BCUT2D eigenvalue weighted by Crippen LogP contribution is -2.31. The molecule has 1 heterocycles. The van der Waals surface area contributed by atoms with Crippen LogP contribution >= 0.6 is 0 Å². The van der Waals surface area contributed by atoms with Crippen LogP contribution < -0.4 is 4.31 Å². The third-order valence-electron chi connectivity index (χ3n) is 4.00. The van der Waals surface area contributed by atoms with Crippen LogP contribution in [0.2, 0.25) is 0 Å². The molecule has 5 heteroatoms. The summed E-state index contributed by atoms with van der Waals surface area (Å²) in [7, 11) is -3.69. The number of nitrogens with zero attached hydrogens (tertiary/aromatic N) is 2. The first-order chi connectivity index (χ1) is 12.0. The molecule has 0 radical (unpaired) electrons. The maximum atomic E-state index is 13.4. The summed E-state index contributed by atoms with van der Waals surface area (Å²) in [6.45, 7) is 3.99. The van der Waals surface area contributed by atoms with Crippen molar-refractivity contribution in [3.8, 4) is 0 Å². The van der Waals surface area contributed by atoms with Gasteiger partial charge in [0.15, 0.2) is 0 Å². The molecule has 0 saturated heterocycles. The highest BCUT2D eigenvalue weighted by Crippen LogP contribution is 2.28. The Balaban J connectivity index is 2.12. The van der Waals surface area contributed by atoms with E-state index in [-0.39, 0.29) is 6.54 Å². The first-order valence-electron chi connectivity index (χ1n) is 8.02. The van der Waals surface area contributed by atoms with Crippen molar-refractivity contribution in [2.24, 2.45) is 0 Å². The van der Waals surface area contributed by atoms with Gasteiger partial charge in [-0.15, -0.1) is 0 Å². The van der Waals surface area contributed by atoms with Crippen molar-refractivity contribution in [1.29, 1.82) is 0 Å². The third kappa shape index (κ3) is 3.72. The number of benzene rings is 2. The Morgan fingerprint density at radius 1 is 0.960 bits per heavy atom. The van der Waals surface area contributed by atoms with Crippen molar-refractivity contribution in [2.75, 3.05) is 4.31 Å². The Morgan fingerprint density at radius 3 is 2.44 bits per heavy atom. The van der Waals surface area contributed by atoms with Gasteiger partial charge < -0.3 is 0 Å². The minimum absolute atomic E-state index is 0.230. The molecular formula is C20H20N2O2S. The van der Waals surface area contributed by atoms with Crippen molar-refractivity contribution >= 4 is 15.7 Å². The van der Waals surface area contributed by atoms with E-state index in [1.54, 1.807) is 24.5 Å². The second-order valence-electron chi connectivity index (χ2n) is 5.98. The van der Waals surface area contributed by atoms with Crippen LogP contribution in [-0.4, -0.2) is 13.4 Å². The molecular weight excluding hydrogens is 332 g/mol. The van der Waals surface area contributed by atoms with E-state index in [0.717, 1.165) is 16.7 Å². The van der Waals surface area contributed by atoms with E-state index in [9.17, 15) is 8.42 Å². The van der Waals surface area contributed by atoms with E-state index in [1.807, 2.05) is 62.4 Å². The Morgan fingerprint density at radius 2 is 1.76 bits per heavy atom. The molecule has 2 aromatic carbocycles. The zero-order chi connectivity index (χ0) is 17.9. The summed E-state index contributed by atoms with van der Waals surface area (Å²) in [4.78, 5) is 4.42. The minimum atomic E-state index is -3.69. The smallest absolute Gasteiger partial charge is 0.264 e. The summed E-state index contributed by atoms with van der Waals surface area (Å²) >= 11 is 0. The van der Waals surface area contributed by atoms with Crippen LogP contribution in [0.15, 0.2) is 78.0 Å². The molecule has 1 aromatic heterocycles. The molecule has 0 fully saturated rings. The fourth-order valence-electron chi connectivity index (χ4n) is 2.72. The van der Waals surface area contributed by atoms with Crippen LogP contribution in [0.5, 0.6) is 0 Å². The van der Waals surface area contributed by atoms with Crippen LogP contribution in [0.4, 0.5) is 5.69 Å². The molecule has 0 saturated carbocycles. The fourth-order valence-corrected chi connectivity index (χ4v) is 4.39. The second-order valence-corrected chi connectivity index (χ2v) is 7.81. The number of rotatable bonds is 5. The average molecular weight is 352 g/mol. The number of sulfonamides is 1. The van der Waals surface area contributed by atoms with E-state index in [1.165, 1.54) is 4.31 Å². The van der Waals surface area contributed by atoms with Crippen LogP contribution in [0.1, 0.15) is 16.7 Å². The lowest BCUT2D eigenvalue weighted by molar-refractivity contribution is 0.589. The molecule has 0 N–H and O–H groups in total. The molecule has 25 heavy (non-hydrogen) atoms. The highest BCUT2D eigenvalue weighted by atomic mass is 32.2. The molecule has 0 atom stereocenters. The molecule has 128 valence electrons. The lowest BCUT2D eigenvalue weighted by Gasteiger charge is -2.25. The monoisotopic (exact) mass is 352 g/mol. The van der Waals surface area contributed by atoms with Crippen LogP contribution in [-0.2, 0) is 16.6 Å². The zero-order valence-corrected chi connectivity index (χ0v) is 15.1. The van der Waals surface area contributed by atoms with Gasteiger partial charge in [-0.1, -0.05) is 36.4 Å². The molecule has 0 spiro atoms. The standard InChI is InChI=1S/C20H20N2O2S/c1-16-7-5-10-19(13-16)22(15-18-9-6-12-21-14-18)25(23,24)20-11-4-3-8-17(20)2/h3-14H,15H2,1-2H3. The summed E-state index contributed by atoms with van der Waals surface area (Å²) in [5, 5.41) is 0. The van der Waals surface area contributed by atoms with Gasteiger partial charge in [0.05, 0.1) is 17.1 Å². The number of anilines is 1. The first-order valence-corrected chi connectivity index (χ1v) is 9.46. The Kier molecular flexibility index (Phi) is 4.86. The quantitative estimate of drug-likeness (QED) is 0.695. The highest BCUT2D eigenvalue weighted by molar-refractivity contribution is 7.92. The number of hydrogen-bond donors (Lipinski definition) is 0. The average Bonchev–Trinajstić information content (AvgIpc) is 2.60. The molecule has 0 amide bonds. The summed E-state index contributed by atoms with van der Waals surface area (Å²) in [6, 6.07) is 18.3. The summed E-state index contributed by atoms with van der Waals surface area (Å²) in [5.74, 6) is 0. The van der Waals surface area contributed by atoms with Gasteiger partial charge in [0.25, 0.3) is 10.0 Å². The normalized spacial score (nSPS) is 11.3. The topological polar surface area (TPSA) is 50.3 Å². The van der Waals surface area contributed by atoms with Crippen LogP contribution in [0.3, 0.4) is 0 Å². The number of hydrogen-bond acceptors (Lipinski definition) is 3. The van der Waals surface area contributed by atoms with E-state index in [0.29, 0.717) is 10.6 Å². The van der Waals surface area contributed by atoms with Crippen LogP contribution in [0.25, 0.3) is 0 Å². The van der Waals surface area contributed by atoms with Crippen molar-refractivity contribution in [1.82, 2.24) is 4.98 Å². The molecule has 0 aliphatic carbocycles. The van der Waals surface area contributed by atoms with Gasteiger partial charge in [0.2, 0.25) is 0 Å². The summed E-state index contributed by atoms with van der Waals surface area (Å²) < 4.78 is 28.2. The van der Waals surface area contributed by atoms with Crippen molar-refractivity contribution in [2.45, 2.75) is 25.3 Å². The molecule has 3 aromatic rings. The van der Waals surface area contributed by atoms with E-state index in [2.05, 4.69) is 4.98 Å². The Hall–Kier alpha value is -2.66. The maximum Gasteiger partial charge on any atom is 0.264 e.